The lowest BCUT2D eigenvalue weighted by Crippen LogP contribution is -2.25. The molecule has 1 rings (SSSR count). The van der Waals surface area contributed by atoms with Crippen molar-refractivity contribution in [3.8, 4) is 0 Å². The summed E-state index contributed by atoms with van der Waals surface area (Å²) < 4.78 is 0. The normalized spacial score (nSPS) is 12.2. The van der Waals surface area contributed by atoms with E-state index in [0.29, 0.717) is 0 Å². The second kappa shape index (κ2) is 6.10. The predicted octanol–water partition coefficient (Wildman–Crippen LogP) is 1.12. The number of aliphatic hydroxyl groups is 1. The van der Waals surface area contributed by atoms with Crippen LogP contribution in [0.2, 0.25) is 0 Å². The molecular formula is C11H15N3O5. The molecule has 0 saturated heterocycles. The summed E-state index contributed by atoms with van der Waals surface area (Å²) in [6.07, 6.45) is 0.301. The molecule has 1 heterocycles. The van der Waals surface area contributed by atoms with E-state index in [1.54, 1.807) is 0 Å². The van der Waals surface area contributed by atoms with Gasteiger partial charge >= 0.3 is 5.97 Å². The van der Waals surface area contributed by atoms with Crippen LogP contribution in [-0.2, 0) is 0 Å². The third-order valence-electron chi connectivity index (χ3n) is 2.56. The minimum Gasteiger partial charge on any atom is -0.478 e. The number of aromatic nitrogens is 1. The van der Waals surface area contributed by atoms with E-state index in [1.807, 2.05) is 13.8 Å². The SMILES string of the molecule is CC(C)C(O)CNc1ncc([N+](=O)[O-])cc1C(=O)O. The van der Waals surface area contributed by atoms with Crippen LogP contribution in [0.25, 0.3) is 0 Å². The number of hydrogen-bond donors (Lipinski definition) is 3. The number of carboxylic acids is 1. The first-order valence-electron chi connectivity index (χ1n) is 5.62. The van der Waals surface area contributed by atoms with Gasteiger partial charge in [-0.25, -0.2) is 9.78 Å². The number of pyridine rings is 1. The van der Waals surface area contributed by atoms with Crippen molar-refractivity contribution in [1.29, 1.82) is 0 Å². The van der Waals surface area contributed by atoms with E-state index in [1.165, 1.54) is 0 Å². The standard InChI is InChI=1S/C11H15N3O5/c1-6(2)9(15)5-13-10-8(11(16)17)3-7(4-12-10)14(18)19/h3-4,6,9,15H,5H2,1-2H3,(H,12,13)(H,16,17). The van der Waals surface area contributed by atoms with Crippen LogP contribution >= 0.6 is 0 Å². The fourth-order valence-corrected chi connectivity index (χ4v) is 1.29. The third kappa shape index (κ3) is 3.88. The van der Waals surface area contributed by atoms with Crippen molar-refractivity contribution in [3.63, 3.8) is 0 Å². The number of carboxylic acid groups (broad SMARTS) is 1. The summed E-state index contributed by atoms with van der Waals surface area (Å²) in [6.45, 7) is 3.74. The van der Waals surface area contributed by atoms with Gasteiger partial charge in [-0.3, -0.25) is 10.1 Å². The summed E-state index contributed by atoms with van der Waals surface area (Å²) in [5, 5.41) is 31.8. The summed E-state index contributed by atoms with van der Waals surface area (Å²) in [4.78, 5) is 24.6. The van der Waals surface area contributed by atoms with Gasteiger partial charge < -0.3 is 15.5 Å². The maximum Gasteiger partial charge on any atom is 0.339 e. The van der Waals surface area contributed by atoms with Crippen LogP contribution in [-0.4, -0.2) is 38.7 Å². The molecule has 0 spiro atoms. The first-order valence-corrected chi connectivity index (χ1v) is 5.62. The molecule has 0 aliphatic rings. The summed E-state index contributed by atoms with van der Waals surface area (Å²) in [7, 11) is 0. The zero-order valence-corrected chi connectivity index (χ0v) is 10.5. The van der Waals surface area contributed by atoms with Gasteiger partial charge in [0.2, 0.25) is 0 Å². The zero-order chi connectivity index (χ0) is 14.6. The minimum atomic E-state index is -1.32. The second-order valence-corrected chi connectivity index (χ2v) is 4.34. The molecule has 0 fully saturated rings. The smallest absolute Gasteiger partial charge is 0.339 e. The Bertz CT molecular complexity index is 489. The zero-order valence-electron chi connectivity index (χ0n) is 10.5. The van der Waals surface area contributed by atoms with Crippen LogP contribution in [0.3, 0.4) is 0 Å². The van der Waals surface area contributed by atoms with Crippen molar-refractivity contribution < 1.29 is 19.9 Å². The van der Waals surface area contributed by atoms with Gasteiger partial charge in [0.1, 0.15) is 17.6 Å². The number of anilines is 1. The van der Waals surface area contributed by atoms with Gasteiger partial charge in [-0.05, 0) is 5.92 Å². The number of nitrogens with zero attached hydrogens (tertiary/aromatic N) is 2. The molecule has 0 aromatic carbocycles. The van der Waals surface area contributed by atoms with Gasteiger partial charge in [-0.15, -0.1) is 0 Å². The average Bonchev–Trinajstić information content (AvgIpc) is 2.35. The fourth-order valence-electron chi connectivity index (χ4n) is 1.29. The highest BCUT2D eigenvalue weighted by molar-refractivity contribution is 5.93. The van der Waals surface area contributed by atoms with E-state index in [4.69, 9.17) is 5.11 Å². The Labute approximate surface area is 109 Å². The average molecular weight is 269 g/mol. The first-order chi connectivity index (χ1) is 8.82. The maximum absolute atomic E-state index is 11.0. The Balaban J connectivity index is 2.94. The van der Waals surface area contributed by atoms with Crippen LogP contribution in [0.4, 0.5) is 11.5 Å². The number of nitro groups is 1. The van der Waals surface area contributed by atoms with Crippen LogP contribution in [0.15, 0.2) is 12.3 Å². The van der Waals surface area contributed by atoms with Gasteiger partial charge in [0.05, 0.1) is 11.0 Å². The lowest BCUT2D eigenvalue weighted by Gasteiger charge is -2.16. The van der Waals surface area contributed by atoms with Gasteiger partial charge in [-0.2, -0.15) is 0 Å². The highest BCUT2D eigenvalue weighted by Crippen LogP contribution is 2.19. The minimum absolute atomic E-state index is 0.00109. The molecular weight excluding hydrogens is 254 g/mol. The van der Waals surface area contributed by atoms with Crippen molar-refractivity contribution in [1.82, 2.24) is 4.98 Å². The van der Waals surface area contributed by atoms with Crippen LogP contribution in [0.5, 0.6) is 0 Å². The molecule has 0 saturated carbocycles. The lowest BCUT2D eigenvalue weighted by molar-refractivity contribution is -0.385. The molecule has 0 aliphatic carbocycles. The Morgan fingerprint density at radius 1 is 1.58 bits per heavy atom. The molecule has 0 aliphatic heterocycles. The Morgan fingerprint density at radius 2 is 2.21 bits per heavy atom. The second-order valence-electron chi connectivity index (χ2n) is 4.34. The van der Waals surface area contributed by atoms with E-state index in [2.05, 4.69) is 10.3 Å². The highest BCUT2D eigenvalue weighted by Gasteiger charge is 2.18. The van der Waals surface area contributed by atoms with Gasteiger partial charge in [0.15, 0.2) is 0 Å². The molecule has 0 amide bonds. The molecule has 0 radical (unpaired) electrons. The van der Waals surface area contributed by atoms with Gasteiger partial charge in [-0.1, -0.05) is 13.8 Å². The van der Waals surface area contributed by atoms with E-state index in [9.17, 15) is 20.0 Å². The molecule has 3 N–H and O–H groups in total. The molecule has 1 unspecified atom stereocenters. The molecule has 1 aromatic heterocycles. The fraction of sp³-hybridized carbons (Fsp3) is 0.455. The largest absolute Gasteiger partial charge is 0.478 e. The summed E-state index contributed by atoms with van der Waals surface area (Å²) in [5.41, 5.74) is -0.697. The van der Waals surface area contributed by atoms with Gasteiger partial charge in [0.25, 0.3) is 5.69 Å². The van der Waals surface area contributed by atoms with Crippen LogP contribution in [0, 0.1) is 16.0 Å². The van der Waals surface area contributed by atoms with E-state index < -0.39 is 22.7 Å². The molecule has 0 bridgehead atoms. The maximum atomic E-state index is 11.0. The van der Waals surface area contributed by atoms with Crippen LogP contribution in [0.1, 0.15) is 24.2 Å². The predicted molar refractivity (Wildman–Crippen MR) is 67.2 cm³/mol. The molecule has 1 aromatic rings. The van der Waals surface area contributed by atoms with Crippen molar-refractivity contribution in [2.45, 2.75) is 20.0 Å². The lowest BCUT2D eigenvalue weighted by atomic mass is 10.1. The Morgan fingerprint density at radius 3 is 2.68 bits per heavy atom. The molecule has 1 atom stereocenters. The number of nitrogens with one attached hydrogen (secondary N) is 1. The van der Waals surface area contributed by atoms with Crippen molar-refractivity contribution in [3.05, 3.63) is 27.9 Å². The van der Waals surface area contributed by atoms with Gasteiger partial charge in [0, 0.05) is 12.6 Å². The van der Waals surface area contributed by atoms with Crippen molar-refractivity contribution in [2.24, 2.45) is 5.92 Å². The van der Waals surface area contributed by atoms with E-state index in [-0.39, 0.29) is 23.8 Å². The monoisotopic (exact) mass is 269 g/mol. The number of carbonyl (C=O) groups is 1. The van der Waals surface area contributed by atoms with E-state index >= 15 is 0 Å². The Kier molecular flexibility index (Phi) is 4.76. The molecule has 8 heteroatoms. The first kappa shape index (κ1) is 14.8. The quantitative estimate of drug-likeness (QED) is 0.521. The summed E-state index contributed by atoms with van der Waals surface area (Å²) in [5.74, 6) is -1.32. The Hall–Kier alpha value is -2.22. The van der Waals surface area contributed by atoms with Crippen molar-refractivity contribution >= 4 is 17.5 Å². The number of aliphatic hydroxyl groups excluding tert-OH is 1. The number of rotatable bonds is 6. The molecule has 19 heavy (non-hydrogen) atoms. The number of hydrogen-bond acceptors (Lipinski definition) is 6. The number of aromatic carboxylic acids is 1. The topological polar surface area (TPSA) is 126 Å². The van der Waals surface area contributed by atoms with Crippen LogP contribution < -0.4 is 5.32 Å². The highest BCUT2D eigenvalue weighted by atomic mass is 16.6. The third-order valence-corrected chi connectivity index (χ3v) is 2.56. The van der Waals surface area contributed by atoms with E-state index in [0.717, 1.165) is 12.3 Å². The summed E-state index contributed by atoms with van der Waals surface area (Å²) in [6, 6.07) is 0.930. The summed E-state index contributed by atoms with van der Waals surface area (Å²) >= 11 is 0. The molecule has 104 valence electrons. The van der Waals surface area contributed by atoms with Crippen molar-refractivity contribution in [2.75, 3.05) is 11.9 Å². The molecule has 8 nitrogen and oxygen atoms in total.